The molecule has 4 aromatic rings. The van der Waals surface area contributed by atoms with E-state index in [0.29, 0.717) is 22.6 Å². The van der Waals surface area contributed by atoms with Crippen LogP contribution in [-0.4, -0.2) is 36.1 Å². The zero-order valence-corrected chi connectivity index (χ0v) is 16.0. The maximum absolute atomic E-state index is 12.9. The highest BCUT2D eigenvalue weighted by molar-refractivity contribution is 6.11. The van der Waals surface area contributed by atoms with Crippen molar-refractivity contribution in [2.24, 2.45) is 0 Å². The Hall–Kier alpha value is -3.88. The number of nitro groups is 1. The van der Waals surface area contributed by atoms with Crippen molar-refractivity contribution < 1.29 is 14.5 Å². The van der Waals surface area contributed by atoms with Gasteiger partial charge >= 0.3 is 6.09 Å². The molecule has 4 heterocycles. The van der Waals surface area contributed by atoms with Crippen LogP contribution in [0.25, 0.3) is 33.3 Å². The zero-order valence-electron chi connectivity index (χ0n) is 16.0. The topological polar surface area (TPSA) is 113 Å². The fourth-order valence-corrected chi connectivity index (χ4v) is 3.01. The molecule has 0 fully saturated rings. The van der Waals surface area contributed by atoms with Crippen LogP contribution in [0.4, 0.5) is 10.5 Å². The first kappa shape index (κ1) is 18.5. The van der Waals surface area contributed by atoms with Crippen LogP contribution >= 0.6 is 0 Å². The van der Waals surface area contributed by atoms with Gasteiger partial charge in [0.1, 0.15) is 11.8 Å². The standard InChI is InChI=1S/C20H17N5O4/c1-20(2,3)29-19(26)24-17-8-9-21-11-14(17)13-5-7-16(23-18(13)24)15-6-4-12(10-22-15)25(27)28/h4-11H,1-3H3. The van der Waals surface area contributed by atoms with Gasteiger partial charge in [0.25, 0.3) is 5.69 Å². The summed E-state index contributed by atoms with van der Waals surface area (Å²) in [6.07, 6.45) is 3.89. The fraction of sp³-hybridized carbons (Fsp3) is 0.200. The Bertz CT molecular complexity index is 1260. The molecule has 0 saturated carbocycles. The lowest BCUT2D eigenvalue weighted by atomic mass is 10.2. The monoisotopic (exact) mass is 391 g/mol. The second kappa shape index (κ2) is 6.62. The van der Waals surface area contributed by atoms with Crippen molar-refractivity contribution in [3.8, 4) is 11.4 Å². The van der Waals surface area contributed by atoms with Crippen LogP contribution in [0.1, 0.15) is 20.8 Å². The molecule has 146 valence electrons. The van der Waals surface area contributed by atoms with Crippen LogP contribution in [-0.2, 0) is 4.74 Å². The predicted octanol–water partition coefficient (Wildman–Crippen LogP) is 4.34. The van der Waals surface area contributed by atoms with Gasteiger partial charge in [0.05, 0.1) is 21.8 Å². The minimum Gasteiger partial charge on any atom is -0.443 e. The number of ether oxygens (including phenoxy) is 1. The number of carbonyl (C=O) groups excluding carboxylic acids is 1. The lowest BCUT2D eigenvalue weighted by Gasteiger charge is -2.20. The molecule has 0 aliphatic heterocycles. The molecule has 9 heteroatoms. The summed E-state index contributed by atoms with van der Waals surface area (Å²) in [6.45, 7) is 5.37. The number of hydrogen-bond acceptors (Lipinski definition) is 7. The van der Waals surface area contributed by atoms with Gasteiger partial charge in [0, 0.05) is 29.2 Å². The lowest BCUT2D eigenvalue weighted by molar-refractivity contribution is -0.385. The van der Waals surface area contributed by atoms with E-state index in [2.05, 4.69) is 15.0 Å². The molecule has 0 saturated heterocycles. The van der Waals surface area contributed by atoms with Crippen LogP contribution in [0.15, 0.2) is 48.9 Å². The number of hydrogen-bond donors (Lipinski definition) is 0. The number of fused-ring (bicyclic) bond motifs is 3. The van der Waals surface area contributed by atoms with E-state index in [1.54, 1.807) is 45.3 Å². The van der Waals surface area contributed by atoms with Crippen LogP contribution in [0.3, 0.4) is 0 Å². The molecule has 0 radical (unpaired) electrons. The van der Waals surface area contributed by atoms with Gasteiger partial charge in [-0.2, -0.15) is 0 Å². The van der Waals surface area contributed by atoms with E-state index in [9.17, 15) is 14.9 Å². The average Bonchev–Trinajstić information content (AvgIpc) is 3.00. The molecule has 0 unspecified atom stereocenters. The van der Waals surface area contributed by atoms with Gasteiger partial charge < -0.3 is 4.74 Å². The third-order valence-corrected chi connectivity index (χ3v) is 4.21. The zero-order chi connectivity index (χ0) is 20.8. The summed E-state index contributed by atoms with van der Waals surface area (Å²) in [5, 5.41) is 12.4. The van der Waals surface area contributed by atoms with Crippen LogP contribution in [0.5, 0.6) is 0 Å². The highest BCUT2D eigenvalue weighted by atomic mass is 16.6. The van der Waals surface area contributed by atoms with Crippen molar-refractivity contribution in [2.45, 2.75) is 26.4 Å². The molecule has 0 bridgehead atoms. The minimum atomic E-state index is -0.676. The largest absolute Gasteiger partial charge is 0.443 e. The summed E-state index contributed by atoms with van der Waals surface area (Å²) in [7, 11) is 0. The number of rotatable bonds is 2. The highest BCUT2D eigenvalue weighted by Crippen LogP contribution is 2.30. The van der Waals surface area contributed by atoms with E-state index in [1.807, 2.05) is 6.07 Å². The van der Waals surface area contributed by atoms with E-state index in [4.69, 9.17) is 4.74 Å². The quantitative estimate of drug-likeness (QED) is 0.369. The molecule has 9 nitrogen and oxygen atoms in total. The van der Waals surface area contributed by atoms with E-state index in [0.717, 1.165) is 10.8 Å². The molecule has 4 aromatic heterocycles. The smallest absolute Gasteiger partial charge is 0.420 e. The number of nitrogens with zero attached hydrogens (tertiary/aromatic N) is 5. The normalized spacial score (nSPS) is 11.7. The van der Waals surface area contributed by atoms with Crippen molar-refractivity contribution in [1.29, 1.82) is 0 Å². The lowest BCUT2D eigenvalue weighted by Crippen LogP contribution is -2.27. The van der Waals surface area contributed by atoms with E-state index in [1.165, 1.54) is 22.9 Å². The summed E-state index contributed by atoms with van der Waals surface area (Å²) in [4.78, 5) is 36.1. The Kier molecular flexibility index (Phi) is 4.22. The van der Waals surface area contributed by atoms with Crippen molar-refractivity contribution in [3.05, 3.63) is 59.0 Å². The Morgan fingerprint density at radius 2 is 1.83 bits per heavy atom. The Balaban J connectivity index is 1.91. The Labute approximate surface area is 165 Å². The molecule has 29 heavy (non-hydrogen) atoms. The maximum atomic E-state index is 12.9. The number of aromatic nitrogens is 4. The molecule has 0 aliphatic carbocycles. The second-order valence-corrected chi connectivity index (χ2v) is 7.43. The van der Waals surface area contributed by atoms with E-state index < -0.39 is 16.6 Å². The highest BCUT2D eigenvalue weighted by Gasteiger charge is 2.23. The van der Waals surface area contributed by atoms with Gasteiger partial charge in [-0.3, -0.25) is 15.1 Å². The third kappa shape index (κ3) is 3.38. The first-order valence-electron chi connectivity index (χ1n) is 8.84. The third-order valence-electron chi connectivity index (χ3n) is 4.21. The molecule has 0 aliphatic rings. The van der Waals surface area contributed by atoms with Gasteiger partial charge in [0.2, 0.25) is 0 Å². The molecule has 0 N–H and O–H groups in total. The van der Waals surface area contributed by atoms with Crippen LogP contribution in [0.2, 0.25) is 0 Å². The first-order valence-corrected chi connectivity index (χ1v) is 8.84. The molecule has 4 rings (SSSR count). The van der Waals surface area contributed by atoms with Crippen molar-refractivity contribution in [1.82, 2.24) is 19.5 Å². The van der Waals surface area contributed by atoms with E-state index >= 15 is 0 Å². The minimum absolute atomic E-state index is 0.108. The summed E-state index contributed by atoms with van der Waals surface area (Å²) in [5.74, 6) is 0. The van der Waals surface area contributed by atoms with E-state index in [-0.39, 0.29) is 5.69 Å². The van der Waals surface area contributed by atoms with Gasteiger partial charge in [-0.05, 0) is 45.0 Å². The first-order chi connectivity index (χ1) is 13.7. The maximum Gasteiger partial charge on any atom is 0.420 e. The summed E-state index contributed by atoms with van der Waals surface area (Å²) < 4.78 is 6.97. The van der Waals surface area contributed by atoms with Crippen LogP contribution in [0, 0.1) is 10.1 Å². The molecule has 0 atom stereocenters. The molecule has 0 spiro atoms. The molecular weight excluding hydrogens is 374 g/mol. The number of pyridine rings is 3. The molecular formula is C20H17N5O4. The SMILES string of the molecule is CC(C)(C)OC(=O)n1c2ccncc2c2ccc(-c3ccc([N+](=O)[O-])cn3)nc21. The summed E-state index contributed by atoms with van der Waals surface area (Å²) in [6, 6.07) is 8.19. The van der Waals surface area contributed by atoms with Gasteiger partial charge in [0.15, 0.2) is 5.65 Å². The average molecular weight is 391 g/mol. The summed E-state index contributed by atoms with van der Waals surface area (Å²) in [5.41, 5.74) is 1.18. The van der Waals surface area contributed by atoms with Crippen molar-refractivity contribution in [3.63, 3.8) is 0 Å². The van der Waals surface area contributed by atoms with Crippen LogP contribution < -0.4 is 0 Å². The van der Waals surface area contributed by atoms with Crippen molar-refractivity contribution >= 4 is 33.7 Å². The summed E-state index contributed by atoms with van der Waals surface area (Å²) >= 11 is 0. The second-order valence-electron chi connectivity index (χ2n) is 7.43. The Morgan fingerprint density at radius 3 is 2.48 bits per heavy atom. The predicted molar refractivity (Wildman–Crippen MR) is 107 cm³/mol. The molecule has 0 aromatic carbocycles. The Morgan fingerprint density at radius 1 is 1.07 bits per heavy atom. The van der Waals surface area contributed by atoms with Crippen molar-refractivity contribution in [2.75, 3.05) is 0 Å². The fourth-order valence-electron chi connectivity index (χ4n) is 3.01. The van der Waals surface area contributed by atoms with Gasteiger partial charge in [-0.25, -0.2) is 19.3 Å². The van der Waals surface area contributed by atoms with Gasteiger partial charge in [-0.1, -0.05) is 0 Å². The molecule has 0 amide bonds. The number of carbonyl (C=O) groups is 1. The van der Waals surface area contributed by atoms with Gasteiger partial charge in [-0.15, -0.1) is 0 Å².